The molecule has 0 atom stereocenters. The van der Waals surface area contributed by atoms with Gasteiger partial charge in [-0.15, -0.1) is 0 Å². The number of nitrogens with one attached hydrogen (secondary N) is 1. The van der Waals surface area contributed by atoms with Gasteiger partial charge in [0, 0.05) is 19.2 Å². The van der Waals surface area contributed by atoms with Crippen LogP contribution in [0.4, 0.5) is 0 Å². The zero-order valence-electron chi connectivity index (χ0n) is 10.7. The molecule has 0 spiro atoms. The highest BCUT2D eigenvalue weighted by molar-refractivity contribution is 5.92. The minimum Gasteiger partial charge on any atom is -0.466 e. The molecule has 1 aromatic rings. The quantitative estimate of drug-likeness (QED) is 0.609. The Balaban J connectivity index is 2.31. The second-order valence-corrected chi connectivity index (χ2v) is 3.71. The number of hydrogen-bond acceptors (Lipinski definition) is 5. The van der Waals surface area contributed by atoms with E-state index in [-0.39, 0.29) is 24.0 Å². The monoisotopic (exact) mass is 261 g/mol. The molecule has 6 heteroatoms. The summed E-state index contributed by atoms with van der Waals surface area (Å²) in [5.74, 6) is -0.596. The van der Waals surface area contributed by atoms with E-state index in [2.05, 4.69) is 10.3 Å². The molecule has 0 saturated carbocycles. The third kappa shape index (κ3) is 5.17. The van der Waals surface area contributed by atoms with E-state index < -0.39 is 0 Å². The van der Waals surface area contributed by atoms with Gasteiger partial charge in [-0.05, 0) is 25.5 Å². The summed E-state index contributed by atoms with van der Waals surface area (Å²) in [5.41, 5.74) is 0.647. The van der Waals surface area contributed by atoms with Gasteiger partial charge in [0.15, 0.2) is 0 Å². The van der Waals surface area contributed by atoms with Crippen molar-refractivity contribution in [2.45, 2.75) is 19.8 Å². The highest BCUT2D eigenvalue weighted by Crippen LogP contribution is 1.99. The Morgan fingerprint density at radius 3 is 2.84 bits per heavy atom. The molecule has 0 aliphatic carbocycles. The summed E-state index contributed by atoms with van der Waals surface area (Å²) in [6.07, 6.45) is 2.13. The number of pyridine rings is 1. The molecular weight excluding hydrogens is 246 g/mol. The highest BCUT2D eigenvalue weighted by atomic mass is 16.5. The molecule has 0 saturated heterocycles. The van der Waals surface area contributed by atoms with Gasteiger partial charge >= 0.3 is 5.97 Å². The molecule has 19 heavy (non-hydrogen) atoms. The largest absolute Gasteiger partial charge is 0.466 e. The minimum atomic E-state index is -0.326. The number of amides is 1. The molecule has 0 fully saturated rings. The van der Waals surface area contributed by atoms with Crippen molar-refractivity contribution in [2.24, 2.45) is 0 Å². The van der Waals surface area contributed by atoms with Crippen molar-refractivity contribution in [1.82, 2.24) is 10.3 Å². The van der Waals surface area contributed by atoms with Crippen LogP contribution in [0.5, 0.6) is 0 Å². The molecule has 6 nitrogen and oxygen atoms in total. The Bertz CT molecular complexity index is 477. The van der Waals surface area contributed by atoms with Crippen LogP contribution in [0.15, 0.2) is 18.3 Å². The normalized spacial score (nSPS) is 9.47. The first-order chi connectivity index (χ1) is 9.17. The topological polar surface area (TPSA) is 92.1 Å². The van der Waals surface area contributed by atoms with Gasteiger partial charge in [0.2, 0.25) is 0 Å². The number of aromatic nitrogens is 1. The van der Waals surface area contributed by atoms with Crippen molar-refractivity contribution in [3.05, 3.63) is 29.6 Å². The number of carbonyl (C=O) groups excluding carboxylic acids is 2. The van der Waals surface area contributed by atoms with Gasteiger partial charge in [0.1, 0.15) is 11.8 Å². The number of rotatable bonds is 6. The summed E-state index contributed by atoms with van der Waals surface area (Å²) in [6.45, 7) is 2.48. The molecule has 0 bridgehead atoms. The van der Waals surface area contributed by atoms with Gasteiger partial charge < -0.3 is 10.1 Å². The first kappa shape index (κ1) is 14.6. The third-order valence-electron chi connectivity index (χ3n) is 2.27. The number of hydrogen-bond donors (Lipinski definition) is 1. The maximum atomic E-state index is 11.6. The van der Waals surface area contributed by atoms with E-state index in [1.54, 1.807) is 6.92 Å². The second-order valence-electron chi connectivity index (χ2n) is 3.71. The number of esters is 1. The molecule has 1 heterocycles. The second kappa shape index (κ2) is 7.82. The van der Waals surface area contributed by atoms with Crippen LogP contribution in [-0.2, 0) is 9.53 Å². The molecule has 0 unspecified atom stereocenters. The average molecular weight is 261 g/mol. The standard InChI is InChI=1S/C13H15N3O3/c1-2-19-12(17)4-3-7-15-13(18)11-6-5-10(8-14)9-16-11/h5-6,9H,2-4,7H2,1H3,(H,15,18). The predicted octanol–water partition coefficient (Wildman–Crippen LogP) is 1.03. The van der Waals surface area contributed by atoms with Crippen molar-refractivity contribution in [1.29, 1.82) is 5.26 Å². The van der Waals surface area contributed by atoms with Crippen molar-refractivity contribution < 1.29 is 14.3 Å². The van der Waals surface area contributed by atoms with Gasteiger partial charge in [-0.3, -0.25) is 9.59 Å². The Morgan fingerprint density at radius 2 is 2.26 bits per heavy atom. The summed E-state index contributed by atoms with van der Waals surface area (Å²) >= 11 is 0. The molecule has 1 rings (SSSR count). The molecule has 0 aliphatic heterocycles. The van der Waals surface area contributed by atoms with Crippen LogP contribution in [-0.4, -0.2) is 30.0 Å². The van der Waals surface area contributed by atoms with E-state index in [4.69, 9.17) is 10.00 Å². The molecule has 100 valence electrons. The first-order valence-corrected chi connectivity index (χ1v) is 5.97. The first-order valence-electron chi connectivity index (χ1n) is 5.97. The number of nitriles is 1. The van der Waals surface area contributed by atoms with Crippen LogP contribution in [0.25, 0.3) is 0 Å². The van der Waals surface area contributed by atoms with Gasteiger partial charge in [0.25, 0.3) is 5.91 Å². The van der Waals surface area contributed by atoms with E-state index >= 15 is 0 Å². The molecule has 1 amide bonds. The van der Waals surface area contributed by atoms with Crippen molar-refractivity contribution >= 4 is 11.9 Å². The molecule has 0 aromatic carbocycles. The van der Waals surface area contributed by atoms with E-state index in [9.17, 15) is 9.59 Å². The fraction of sp³-hybridized carbons (Fsp3) is 0.385. The Morgan fingerprint density at radius 1 is 1.47 bits per heavy atom. The van der Waals surface area contributed by atoms with Gasteiger partial charge in [-0.2, -0.15) is 5.26 Å². The summed E-state index contributed by atoms with van der Waals surface area (Å²) < 4.78 is 4.76. The number of carbonyl (C=O) groups is 2. The van der Waals surface area contributed by atoms with Gasteiger partial charge in [-0.1, -0.05) is 0 Å². The van der Waals surface area contributed by atoms with Crippen LogP contribution < -0.4 is 5.32 Å². The van der Waals surface area contributed by atoms with E-state index in [0.717, 1.165) is 0 Å². The summed E-state index contributed by atoms with van der Waals surface area (Å²) in [7, 11) is 0. The lowest BCUT2D eigenvalue weighted by molar-refractivity contribution is -0.143. The lowest BCUT2D eigenvalue weighted by Crippen LogP contribution is -2.25. The lowest BCUT2D eigenvalue weighted by Gasteiger charge is -2.04. The smallest absolute Gasteiger partial charge is 0.305 e. The molecular formula is C13H15N3O3. The molecule has 0 radical (unpaired) electrons. The van der Waals surface area contributed by atoms with Crippen LogP contribution >= 0.6 is 0 Å². The van der Waals surface area contributed by atoms with Crippen molar-refractivity contribution in [2.75, 3.05) is 13.2 Å². The number of ether oxygens (including phenoxy) is 1. The summed E-state index contributed by atoms with van der Waals surface area (Å²) in [5, 5.41) is 11.2. The van der Waals surface area contributed by atoms with Crippen LogP contribution in [0.3, 0.4) is 0 Å². The predicted molar refractivity (Wildman–Crippen MR) is 67.2 cm³/mol. The summed E-state index contributed by atoms with van der Waals surface area (Å²) in [6, 6.07) is 4.94. The number of nitrogens with zero attached hydrogens (tertiary/aromatic N) is 2. The maximum absolute atomic E-state index is 11.6. The highest BCUT2D eigenvalue weighted by Gasteiger charge is 2.07. The lowest BCUT2D eigenvalue weighted by atomic mass is 10.2. The average Bonchev–Trinajstić information content (AvgIpc) is 2.44. The van der Waals surface area contributed by atoms with Crippen LogP contribution in [0.1, 0.15) is 35.8 Å². The van der Waals surface area contributed by atoms with E-state index in [0.29, 0.717) is 25.1 Å². The molecule has 1 N–H and O–H groups in total. The van der Waals surface area contributed by atoms with Gasteiger partial charge in [0.05, 0.1) is 12.2 Å². The maximum Gasteiger partial charge on any atom is 0.305 e. The van der Waals surface area contributed by atoms with Crippen molar-refractivity contribution in [3.8, 4) is 6.07 Å². The zero-order valence-corrected chi connectivity index (χ0v) is 10.7. The fourth-order valence-corrected chi connectivity index (χ4v) is 1.35. The SMILES string of the molecule is CCOC(=O)CCCNC(=O)c1ccc(C#N)cn1. The minimum absolute atomic E-state index is 0.245. The van der Waals surface area contributed by atoms with Gasteiger partial charge in [-0.25, -0.2) is 4.98 Å². The third-order valence-corrected chi connectivity index (χ3v) is 2.27. The van der Waals surface area contributed by atoms with Crippen LogP contribution in [0.2, 0.25) is 0 Å². The Hall–Kier alpha value is -2.42. The van der Waals surface area contributed by atoms with Crippen molar-refractivity contribution in [3.63, 3.8) is 0 Å². The molecule has 0 aliphatic rings. The van der Waals surface area contributed by atoms with Crippen LogP contribution in [0, 0.1) is 11.3 Å². The van der Waals surface area contributed by atoms with E-state index in [1.165, 1.54) is 18.3 Å². The molecule has 1 aromatic heterocycles. The van der Waals surface area contributed by atoms with E-state index in [1.807, 2.05) is 6.07 Å². The summed E-state index contributed by atoms with van der Waals surface area (Å²) in [4.78, 5) is 26.6. The fourth-order valence-electron chi connectivity index (χ4n) is 1.35. The zero-order chi connectivity index (χ0) is 14.1. The Kier molecular flexibility index (Phi) is 6.03. The Labute approximate surface area is 111 Å².